The number of nitrogens with zero attached hydrogens (tertiary/aromatic N) is 1. The minimum absolute atomic E-state index is 0.255. The van der Waals surface area contributed by atoms with Gasteiger partial charge in [0.25, 0.3) is 0 Å². The lowest BCUT2D eigenvalue weighted by molar-refractivity contribution is 0.0474. The molecule has 2 unspecified atom stereocenters. The van der Waals surface area contributed by atoms with E-state index in [1.165, 1.54) is 11.3 Å². The molecule has 0 saturated carbocycles. The van der Waals surface area contributed by atoms with E-state index in [2.05, 4.69) is 52.7 Å². The molecule has 23 heavy (non-hydrogen) atoms. The van der Waals surface area contributed by atoms with Gasteiger partial charge in [-0.2, -0.15) is 0 Å². The topological polar surface area (TPSA) is 35.5 Å². The molecule has 1 saturated heterocycles. The largest absolute Gasteiger partial charge is 0.387 e. The van der Waals surface area contributed by atoms with Crippen molar-refractivity contribution in [2.75, 3.05) is 18.4 Å². The third-order valence-electron chi connectivity index (χ3n) is 5.31. The van der Waals surface area contributed by atoms with E-state index in [4.69, 9.17) is 0 Å². The van der Waals surface area contributed by atoms with Crippen LogP contribution >= 0.6 is 0 Å². The normalized spacial score (nSPS) is 25.3. The van der Waals surface area contributed by atoms with E-state index in [9.17, 15) is 5.11 Å². The second kappa shape index (κ2) is 6.34. The van der Waals surface area contributed by atoms with Crippen molar-refractivity contribution < 1.29 is 5.11 Å². The highest BCUT2D eigenvalue weighted by Gasteiger charge is 2.36. The van der Waals surface area contributed by atoms with Crippen molar-refractivity contribution >= 4 is 5.69 Å². The van der Waals surface area contributed by atoms with E-state index in [1.807, 2.05) is 12.1 Å². The number of nitrogens with one attached hydrogen (secondary N) is 1. The number of aliphatic hydroxyl groups is 1. The Morgan fingerprint density at radius 3 is 2.35 bits per heavy atom. The van der Waals surface area contributed by atoms with E-state index < -0.39 is 0 Å². The molecule has 4 rings (SSSR count). The second-order valence-electron chi connectivity index (χ2n) is 6.74. The minimum atomic E-state index is -0.329. The number of likely N-dealkylation sites (tertiary alicyclic amines) is 1. The van der Waals surface area contributed by atoms with Crippen LogP contribution in [0.4, 0.5) is 5.69 Å². The van der Waals surface area contributed by atoms with E-state index in [0.29, 0.717) is 6.04 Å². The van der Waals surface area contributed by atoms with Gasteiger partial charge in [-0.15, -0.1) is 0 Å². The van der Waals surface area contributed by atoms with Gasteiger partial charge in [-0.1, -0.05) is 42.5 Å². The Balaban J connectivity index is 1.36. The molecule has 0 radical (unpaired) electrons. The summed E-state index contributed by atoms with van der Waals surface area (Å²) >= 11 is 0. The van der Waals surface area contributed by atoms with E-state index >= 15 is 0 Å². The van der Waals surface area contributed by atoms with Crippen molar-refractivity contribution in [1.82, 2.24) is 4.90 Å². The number of fused-ring (bicyclic) bond motifs is 1. The zero-order valence-electron chi connectivity index (χ0n) is 13.4. The molecule has 1 fully saturated rings. The summed E-state index contributed by atoms with van der Waals surface area (Å²) in [7, 11) is 0. The van der Waals surface area contributed by atoms with Crippen molar-refractivity contribution in [3.8, 4) is 0 Å². The Labute approximate surface area is 138 Å². The molecule has 2 aliphatic rings. The van der Waals surface area contributed by atoms with Gasteiger partial charge in [-0.3, -0.25) is 4.90 Å². The SMILES string of the molecule is OC1c2ccccc2CC1N1CCC(Nc2ccccc2)CC1. The Morgan fingerprint density at radius 1 is 0.913 bits per heavy atom. The molecule has 0 amide bonds. The molecule has 2 aromatic rings. The summed E-state index contributed by atoms with van der Waals surface area (Å²) < 4.78 is 0. The number of hydrogen-bond acceptors (Lipinski definition) is 3. The van der Waals surface area contributed by atoms with Gasteiger partial charge >= 0.3 is 0 Å². The van der Waals surface area contributed by atoms with Crippen LogP contribution in [0.2, 0.25) is 0 Å². The van der Waals surface area contributed by atoms with Crippen LogP contribution in [0.1, 0.15) is 30.1 Å². The molecule has 3 heteroatoms. The maximum Gasteiger partial charge on any atom is 0.0951 e. The fraction of sp³-hybridized carbons (Fsp3) is 0.400. The molecule has 3 nitrogen and oxygen atoms in total. The van der Waals surface area contributed by atoms with Crippen LogP contribution in [-0.2, 0) is 6.42 Å². The second-order valence-corrected chi connectivity index (χ2v) is 6.74. The highest BCUT2D eigenvalue weighted by atomic mass is 16.3. The van der Waals surface area contributed by atoms with Crippen molar-refractivity contribution in [2.24, 2.45) is 0 Å². The number of anilines is 1. The van der Waals surface area contributed by atoms with Gasteiger partial charge in [-0.25, -0.2) is 0 Å². The maximum absolute atomic E-state index is 10.6. The molecule has 2 N–H and O–H groups in total. The van der Waals surface area contributed by atoms with Crippen LogP contribution in [0.3, 0.4) is 0 Å². The average molecular weight is 308 g/mol. The maximum atomic E-state index is 10.6. The van der Waals surface area contributed by atoms with Crippen molar-refractivity contribution in [2.45, 2.75) is 37.5 Å². The van der Waals surface area contributed by atoms with Gasteiger partial charge in [0.05, 0.1) is 6.10 Å². The van der Waals surface area contributed by atoms with Gasteiger partial charge in [0, 0.05) is 30.9 Å². The van der Waals surface area contributed by atoms with Crippen LogP contribution in [0.15, 0.2) is 54.6 Å². The molecule has 0 bridgehead atoms. The van der Waals surface area contributed by atoms with Gasteiger partial charge in [0.1, 0.15) is 0 Å². The number of para-hydroxylation sites is 1. The predicted octanol–water partition coefficient (Wildman–Crippen LogP) is 3.22. The molecule has 120 valence electrons. The number of benzene rings is 2. The van der Waals surface area contributed by atoms with Crippen LogP contribution in [0, 0.1) is 0 Å². The molecule has 2 aromatic carbocycles. The lowest BCUT2D eigenvalue weighted by atomic mass is 10.0. The lowest BCUT2D eigenvalue weighted by Crippen LogP contribution is -2.46. The summed E-state index contributed by atoms with van der Waals surface area (Å²) in [6, 6.07) is 19.6. The van der Waals surface area contributed by atoms with Crippen LogP contribution in [0.5, 0.6) is 0 Å². The van der Waals surface area contributed by atoms with Crippen LogP contribution < -0.4 is 5.32 Å². The minimum Gasteiger partial charge on any atom is -0.387 e. The molecule has 0 aromatic heterocycles. The predicted molar refractivity (Wildman–Crippen MR) is 93.6 cm³/mol. The highest BCUT2D eigenvalue weighted by molar-refractivity contribution is 5.43. The zero-order valence-corrected chi connectivity index (χ0v) is 13.4. The summed E-state index contributed by atoms with van der Waals surface area (Å²) in [4.78, 5) is 2.48. The smallest absolute Gasteiger partial charge is 0.0951 e. The summed E-state index contributed by atoms with van der Waals surface area (Å²) in [6.45, 7) is 2.11. The van der Waals surface area contributed by atoms with E-state index in [-0.39, 0.29) is 12.1 Å². The van der Waals surface area contributed by atoms with Crippen LogP contribution in [-0.4, -0.2) is 35.2 Å². The zero-order chi connectivity index (χ0) is 15.6. The van der Waals surface area contributed by atoms with Gasteiger partial charge in [-0.05, 0) is 42.5 Å². The summed E-state index contributed by atoms with van der Waals surface area (Å²) in [6.07, 6.45) is 2.92. The van der Waals surface area contributed by atoms with Gasteiger partial charge < -0.3 is 10.4 Å². The Hall–Kier alpha value is -1.84. The Bertz CT molecular complexity index is 650. The first kappa shape index (κ1) is 14.7. The molecule has 1 aliphatic heterocycles. The molecule has 1 heterocycles. The lowest BCUT2D eigenvalue weighted by Gasteiger charge is -2.37. The van der Waals surface area contributed by atoms with Crippen molar-refractivity contribution in [3.63, 3.8) is 0 Å². The summed E-state index contributed by atoms with van der Waals surface area (Å²) in [5, 5.41) is 14.3. The standard InChI is InChI=1S/C20H24N2O/c23-20-18-9-5-4-6-15(18)14-19(20)22-12-10-17(11-13-22)21-16-7-2-1-3-8-16/h1-9,17,19-21,23H,10-14H2. The Morgan fingerprint density at radius 2 is 1.61 bits per heavy atom. The fourth-order valence-corrected chi connectivity index (χ4v) is 4.03. The average Bonchev–Trinajstić information content (AvgIpc) is 2.94. The first-order valence-electron chi connectivity index (χ1n) is 8.63. The van der Waals surface area contributed by atoms with E-state index in [1.54, 1.807) is 0 Å². The molecular formula is C20H24N2O. The highest BCUT2D eigenvalue weighted by Crippen LogP contribution is 2.35. The fourth-order valence-electron chi connectivity index (χ4n) is 4.03. The van der Waals surface area contributed by atoms with Gasteiger partial charge in [0.2, 0.25) is 0 Å². The number of hydrogen-bond donors (Lipinski definition) is 2. The third-order valence-corrected chi connectivity index (χ3v) is 5.31. The number of aliphatic hydroxyl groups excluding tert-OH is 1. The van der Waals surface area contributed by atoms with E-state index in [0.717, 1.165) is 37.9 Å². The Kier molecular flexibility index (Phi) is 4.06. The number of rotatable bonds is 3. The monoisotopic (exact) mass is 308 g/mol. The molecule has 1 aliphatic carbocycles. The summed E-state index contributed by atoms with van der Waals surface area (Å²) in [5.41, 5.74) is 3.65. The van der Waals surface area contributed by atoms with Crippen molar-refractivity contribution in [1.29, 1.82) is 0 Å². The molecule has 2 atom stereocenters. The van der Waals surface area contributed by atoms with Crippen molar-refractivity contribution in [3.05, 3.63) is 65.7 Å². The quantitative estimate of drug-likeness (QED) is 0.914. The van der Waals surface area contributed by atoms with Gasteiger partial charge in [0.15, 0.2) is 0 Å². The summed E-state index contributed by atoms with van der Waals surface area (Å²) in [5.74, 6) is 0. The number of piperidine rings is 1. The third kappa shape index (κ3) is 2.99. The first-order chi connectivity index (χ1) is 11.3. The molecular weight excluding hydrogens is 284 g/mol. The molecule has 0 spiro atoms. The van der Waals surface area contributed by atoms with Crippen LogP contribution in [0.25, 0.3) is 0 Å². The first-order valence-corrected chi connectivity index (χ1v) is 8.63.